The number of anilines is 1. The van der Waals surface area contributed by atoms with Gasteiger partial charge in [-0.25, -0.2) is 0 Å². The van der Waals surface area contributed by atoms with Crippen molar-refractivity contribution in [1.82, 2.24) is 5.32 Å². The topological polar surface area (TPSA) is 55.1 Å². The Morgan fingerprint density at radius 1 is 1.42 bits per heavy atom. The van der Waals surface area contributed by atoms with Crippen molar-refractivity contribution in [2.45, 2.75) is 25.6 Å². The van der Waals surface area contributed by atoms with E-state index in [4.69, 9.17) is 28.9 Å². The van der Waals surface area contributed by atoms with Crippen LogP contribution in [0.4, 0.5) is 18.9 Å². The zero-order valence-corrected chi connectivity index (χ0v) is 11.3. The van der Waals surface area contributed by atoms with E-state index in [1.54, 1.807) is 0 Å². The molecule has 1 aromatic rings. The molecule has 0 aliphatic carbocycles. The Bertz CT molecular complexity index is 492. The van der Waals surface area contributed by atoms with Gasteiger partial charge in [0.25, 0.3) is 5.91 Å². The normalized spacial score (nSPS) is 13.2. The maximum absolute atomic E-state index is 12.1. The molecule has 0 spiro atoms. The van der Waals surface area contributed by atoms with Crippen LogP contribution in [0.15, 0.2) is 12.1 Å². The molecule has 106 valence electrons. The third-order valence-corrected chi connectivity index (χ3v) is 3.01. The second-order valence-electron chi connectivity index (χ2n) is 4.06. The van der Waals surface area contributed by atoms with Crippen LogP contribution in [0.2, 0.25) is 10.0 Å². The summed E-state index contributed by atoms with van der Waals surface area (Å²) in [5.74, 6) is -0.754. The van der Waals surface area contributed by atoms with Crippen molar-refractivity contribution in [3.05, 3.63) is 27.7 Å². The highest BCUT2D eigenvalue weighted by Gasteiger charge is 2.31. The van der Waals surface area contributed by atoms with E-state index in [0.717, 1.165) is 0 Å². The summed E-state index contributed by atoms with van der Waals surface area (Å²) < 4.78 is 36.4. The van der Waals surface area contributed by atoms with Crippen molar-refractivity contribution < 1.29 is 18.0 Å². The smallest absolute Gasteiger partial charge is 0.391 e. The van der Waals surface area contributed by atoms with Gasteiger partial charge in [-0.15, -0.1) is 0 Å². The van der Waals surface area contributed by atoms with Gasteiger partial charge in [0.2, 0.25) is 0 Å². The van der Waals surface area contributed by atoms with E-state index in [1.807, 2.05) is 0 Å². The number of nitrogen functional groups attached to an aromatic ring is 1. The van der Waals surface area contributed by atoms with Crippen molar-refractivity contribution in [1.29, 1.82) is 0 Å². The highest BCUT2D eigenvalue weighted by molar-refractivity contribution is 6.44. The van der Waals surface area contributed by atoms with E-state index in [1.165, 1.54) is 19.1 Å². The Labute approximate surface area is 117 Å². The van der Waals surface area contributed by atoms with Crippen molar-refractivity contribution in [2.24, 2.45) is 0 Å². The van der Waals surface area contributed by atoms with Gasteiger partial charge in [0.05, 0.1) is 22.0 Å². The first-order chi connectivity index (χ1) is 8.60. The molecular formula is C11H11Cl2F3N2O. The molecule has 0 saturated heterocycles. The molecule has 0 aliphatic rings. The number of hydrogen-bond donors (Lipinski definition) is 2. The van der Waals surface area contributed by atoms with Crippen LogP contribution < -0.4 is 11.1 Å². The molecule has 19 heavy (non-hydrogen) atoms. The number of halogens is 5. The summed E-state index contributed by atoms with van der Waals surface area (Å²) in [7, 11) is 0. The van der Waals surface area contributed by atoms with Gasteiger partial charge in [0.1, 0.15) is 0 Å². The lowest BCUT2D eigenvalue weighted by molar-refractivity contribution is -0.138. The SMILES string of the molecule is CC(CC(F)(F)F)NC(=O)c1cc(N)cc(Cl)c1Cl. The van der Waals surface area contributed by atoms with Gasteiger partial charge in [-0.2, -0.15) is 13.2 Å². The first kappa shape index (κ1) is 15.9. The fraction of sp³-hybridized carbons (Fsp3) is 0.364. The fourth-order valence-corrected chi connectivity index (χ4v) is 1.90. The minimum Gasteiger partial charge on any atom is -0.399 e. The zero-order valence-electron chi connectivity index (χ0n) is 9.81. The van der Waals surface area contributed by atoms with Crippen molar-refractivity contribution in [3.8, 4) is 0 Å². The molecule has 0 heterocycles. The largest absolute Gasteiger partial charge is 0.399 e. The summed E-state index contributed by atoms with van der Waals surface area (Å²) in [5, 5.41) is 2.21. The van der Waals surface area contributed by atoms with E-state index >= 15 is 0 Å². The van der Waals surface area contributed by atoms with Gasteiger partial charge in [-0.1, -0.05) is 23.2 Å². The second-order valence-corrected chi connectivity index (χ2v) is 4.84. The van der Waals surface area contributed by atoms with Gasteiger partial charge in [-0.05, 0) is 19.1 Å². The van der Waals surface area contributed by atoms with Crippen LogP contribution in [0.25, 0.3) is 0 Å². The molecule has 0 saturated carbocycles. The highest BCUT2D eigenvalue weighted by Crippen LogP contribution is 2.29. The highest BCUT2D eigenvalue weighted by atomic mass is 35.5. The standard InChI is InChI=1S/C11H11Cl2F3N2O/c1-5(4-11(14,15)16)18-10(19)7-2-6(17)3-8(12)9(7)13/h2-3,5H,4,17H2,1H3,(H,18,19). The van der Waals surface area contributed by atoms with Gasteiger partial charge in [-0.3, -0.25) is 4.79 Å². The molecule has 3 N–H and O–H groups in total. The Balaban J connectivity index is 2.85. The minimum atomic E-state index is -4.36. The fourth-order valence-electron chi connectivity index (χ4n) is 1.48. The van der Waals surface area contributed by atoms with Crippen molar-refractivity contribution in [2.75, 3.05) is 5.73 Å². The van der Waals surface area contributed by atoms with E-state index < -0.39 is 24.5 Å². The number of rotatable bonds is 3. The molecule has 0 aromatic heterocycles. The number of nitrogens with two attached hydrogens (primary N) is 1. The monoisotopic (exact) mass is 314 g/mol. The Hall–Kier alpha value is -1.14. The number of carbonyl (C=O) groups is 1. The van der Waals surface area contributed by atoms with Gasteiger partial charge in [0.15, 0.2) is 0 Å². The third-order valence-electron chi connectivity index (χ3n) is 2.21. The predicted molar refractivity (Wildman–Crippen MR) is 68.5 cm³/mol. The van der Waals surface area contributed by atoms with E-state index in [-0.39, 0.29) is 21.3 Å². The number of nitrogens with one attached hydrogen (secondary N) is 1. The number of hydrogen-bond acceptors (Lipinski definition) is 2. The van der Waals surface area contributed by atoms with E-state index in [0.29, 0.717) is 0 Å². The lowest BCUT2D eigenvalue weighted by Crippen LogP contribution is -2.36. The van der Waals surface area contributed by atoms with E-state index in [9.17, 15) is 18.0 Å². The summed E-state index contributed by atoms with van der Waals surface area (Å²) in [6.45, 7) is 1.24. The summed E-state index contributed by atoms with van der Waals surface area (Å²) in [4.78, 5) is 11.8. The average molecular weight is 315 g/mol. The first-order valence-electron chi connectivity index (χ1n) is 5.22. The van der Waals surface area contributed by atoms with E-state index in [2.05, 4.69) is 5.32 Å². The average Bonchev–Trinajstić information content (AvgIpc) is 2.20. The molecule has 0 radical (unpaired) electrons. The van der Waals surface area contributed by atoms with Crippen LogP contribution in [-0.2, 0) is 0 Å². The van der Waals surface area contributed by atoms with Crippen molar-refractivity contribution >= 4 is 34.8 Å². The molecule has 1 atom stereocenters. The molecule has 1 rings (SSSR count). The Morgan fingerprint density at radius 3 is 2.53 bits per heavy atom. The number of carbonyl (C=O) groups excluding carboxylic acids is 1. The van der Waals surface area contributed by atoms with Crippen LogP contribution in [-0.4, -0.2) is 18.1 Å². The Morgan fingerprint density at radius 2 is 2.00 bits per heavy atom. The summed E-state index contributed by atoms with van der Waals surface area (Å²) in [6, 6.07) is 1.52. The first-order valence-corrected chi connectivity index (χ1v) is 5.98. The Kier molecular flexibility index (Phi) is 4.92. The van der Waals surface area contributed by atoms with Gasteiger partial charge >= 0.3 is 6.18 Å². The van der Waals surface area contributed by atoms with Crippen LogP contribution >= 0.6 is 23.2 Å². The number of alkyl halides is 3. The third kappa shape index (κ3) is 4.80. The van der Waals surface area contributed by atoms with Crippen LogP contribution in [0.5, 0.6) is 0 Å². The summed E-state index contributed by atoms with van der Waals surface area (Å²) in [5.41, 5.74) is 5.64. The second kappa shape index (κ2) is 5.88. The van der Waals surface area contributed by atoms with Gasteiger partial charge < -0.3 is 11.1 Å². The molecule has 1 unspecified atom stereocenters. The maximum atomic E-state index is 12.1. The molecule has 1 amide bonds. The predicted octanol–water partition coefficient (Wildman–Crippen LogP) is 3.65. The molecule has 0 bridgehead atoms. The molecule has 1 aromatic carbocycles. The minimum absolute atomic E-state index is 0.0485. The molecular weight excluding hydrogens is 304 g/mol. The summed E-state index contributed by atoms with van der Waals surface area (Å²) >= 11 is 11.5. The van der Waals surface area contributed by atoms with Crippen LogP contribution in [0.3, 0.4) is 0 Å². The molecule has 8 heteroatoms. The lowest BCUT2D eigenvalue weighted by Gasteiger charge is -2.16. The lowest BCUT2D eigenvalue weighted by atomic mass is 10.1. The molecule has 3 nitrogen and oxygen atoms in total. The molecule has 0 aliphatic heterocycles. The zero-order chi connectivity index (χ0) is 14.8. The molecule has 0 fully saturated rings. The number of benzene rings is 1. The number of amides is 1. The van der Waals surface area contributed by atoms with Gasteiger partial charge in [0, 0.05) is 11.7 Å². The van der Waals surface area contributed by atoms with Crippen LogP contribution in [0, 0.1) is 0 Å². The maximum Gasteiger partial charge on any atom is 0.391 e. The van der Waals surface area contributed by atoms with Crippen molar-refractivity contribution in [3.63, 3.8) is 0 Å². The van der Waals surface area contributed by atoms with Crippen LogP contribution in [0.1, 0.15) is 23.7 Å². The summed E-state index contributed by atoms with van der Waals surface area (Å²) in [6.07, 6.45) is -5.49. The quantitative estimate of drug-likeness (QED) is 0.837.